The first-order chi connectivity index (χ1) is 12.7. The molecule has 0 amide bonds. The summed E-state index contributed by atoms with van der Waals surface area (Å²) in [5.41, 5.74) is 3.59. The van der Waals surface area contributed by atoms with Crippen molar-refractivity contribution in [2.24, 2.45) is 7.05 Å². The zero-order valence-corrected chi connectivity index (χ0v) is 13.7. The van der Waals surface area contributed by atoms with Crippen molar-refractivity contribution in [3.05, 3.63) is 61.2 Å². The Morgan fingerprint density at radius 1 is 1.00 bits per heavy atom. The summed E-state index contributed by atoms with van der Waals surface area (Å²) in [5, 5.41) is 0.892. The van der Waals surface area contributed by atoms with Crippen LogP contribution in [0.4, 0.5) is 4.39 Å². The highest BCUT2D eigenvalue weighted by atomic mass is 19.1. The minimum atomic E-state index is -0.287. The van der Waals surface area contributed by atoms with Crippen molar-refractivity contribution in [1.29, 1.82) is 0 Å². The predicted molar refractivity (Wildman–Crippen MR) is 94.1 cm³/mol. The van der Waals surface area contributed by atoms with Gasteiger partial charge in [0.1, 0.15) is 29.6 Å². The molecule has 4 aromatic heterocycles. The molecule has 0 radical (unpaired) electrons. The van der Waals surface area contributed by atoms with E-state index in [1.807, 2.05) is 23.9 Å². The number of rotatable bonds is 2. The van der Waals surface area contributed by atoms with Gasteiger partial charge in [0.15, 0.2) is 5.65 Å². The molecule has 4 heterocycles. The number of halogens is 1. The van der Waals surface area contributed by atoms with Gasteiger partial charge in [-0.15, -0.1) is 0 Å². The van der Waals surface area contributed by atoms with Gasteiger partial charge in [-0.1, -0.05) is 0 Å². The van der Waals surface area contributed by atoms with E-state index in [0.29, 0.717) is 17.1 Å². The number of aryl methyl sites for hydroxylation is 1. The third kappa shape index (κ3) is 2.16. The minimum absolute atomic E-state index is 0.287. The second kappa shape index (κ2) is 5.41. The molecule has 0 aliphatic rings. The molecule has 5 rings (SSSR count). The van der Waals surface area contributed by atoms with Crippen molar-refractivity contribution < 1.29 is 4.39 Å². The molecule has 0 atom stereocenters. The van der Waals surface area contributed by atoms with E-state index < -0.39 is 0 Å². The second-order valence-corrected chi connectivity index (χ2v) is 5.89. The fourth-order valence-corrected chi connectivity index (χ4v) is 2.98. The maximum absolute atomic E-state index is 13.3. The summed E-state index contributed by atoms with van der Waals surface area (Å²) < 4.78 is 17.0. The average Bonchev–Trinajstić information content (AvgIpc) is 3.26. The minimum Gasteiger partial charge on any atom is -0.335 e. The molecule has 0 saturated heterocycles. The zero-order chi connectivity index (χ0) is 17.7. The van der Waals surface area contributed by atoms with Crippen LogP contribution in [0.15, 0.2) is 55.4 Å². The quantitative estimate of drug-likeness (QED) is 0.492. The number of hydrogen-bond acceptors (Lipinski definition) is 5. The second-order valence-electron chi connectivity index (χ2n) is 5.89. The van der Waals surface area contributed by atoms with Gasteiger partial charge >= 0.3 is 0 Å². The molecule has 1 aromatic carbocycles. The highest BCUT2D eigenvalue weighted by Crippen LogP contribution is 2.28. The van der Waals surface area contributed by atoms with Crippen molar-refractivity contribution in [2.45, 2.75) is 0 Å². The molecule has 0 aliphatic heterocycles. The van der Waals surface area contributed by atoms with Crippen molar-refractivity contribution in [3.8, 4) is 17.2 Å². The Kier molecular flexibility index (Phi) is 3.05. The van der Waals surface area contributed by atoms with Crippen LogP contribution in [0.5, 0.6) is 0 Å². The molecule has 0 bridgehead atoms. The van der Waals surface area contributed by atoms with E-state index in [9.17, 15) is 4.39 Å². The molecule has 0 saturated carbocycles. The Labute approximate surface area is 146 Å². The Morgan fingerprint density at radius 2 is 1.85 bits per heavy atom. The molecule has 5 aromatic rings. The molecular formula is C18H12FN7. The lowest BCUT2D eigenvalue weighted by molar-refractivity contribution is 0.628. The molecular weight excluding hydrogens is 333 g/mol. The molecule has 0 unspecified atom stereocenters. The van der Waals surface area contributed by atoms with Gasteiger partial charge in [0.05, 0.1) is 11.9 Å². The van der Waals surface area contributed by atoms with E-state index in [2.05, 4.69) is 19.9 Å². The van der Waals surface area contributed by atoms with E-state index >= 15 is 0 Å². The maximum atomic E-state index is 13.3. The molecule has 0 aliphatic carbocycles. The predicted octanol–water partition coefficient (Wildman–Crippen LogP) is 2.90. The van der Waals surface area contributed by atoms with Gasteiger partial charge in [0.25, 0.3) is 0 Å². The van der Waals surface area contributed by atoms with E-state index in [0.717, 1.165) is 22.3 Å². The van der Waals surface area contributed by atoms with Crippen LogP contribution in [0.3, 0.4) is 0 Å². The van der Waals surface area contributed by atoms with E-state index in [1.165, 1.54) is 18.5 Å². The SMILES string of the molecule is Cn1ccc2c(-c3ccc(F)cc3)nc(-n3cnc4ncncc43)nc21. The van der Waals surface area contributed by atoms with Gasteiger partial charge in [0, 0.05) is 24.2 Å². The van der Waals surface area contributed by atoms with Gasteiger partial charge in [0.2, 0.25) is 5.95 Å². The van der Waals surface area contributed by atoms with Crippen LogP contribution in [-0.2, 0) is 7.05 Å². The van der Waals surface area contributed by atoms with Crippen LogP contribution in [0.25, 0.3) is 39.4 Å². The first kappa shape index (κ1) is 14.6. The van der Waals surface area contributed by atoms with Crippen LogP contribution >= 0.6 is 0 Å². The van der Waals surface area contributed by atoms with Gasteiger partial charge in [-0.05, 0) is 30.3 Å². The molecule has 126 valence electrons. The lowest BCUT2D eigenvalue weighted by Crippen LogP contribution is -2.03. The number of hydrogen-bond donors (Lipinski definition) is 0. The van der Waals surface area contributed by atoms with Crippen LogP contribution in [0.1, 0.15) is 0 Å². The average molecular weight is 345 g/mol. The van der Waals surface area contributed by atoms with E-state index in [4.69, 9.17) is 4.98 Å². The lowest BCUT2D eigenvalue weighted by atomic mass is 10.1. The smallest absolute Gasteiger partial charge is 0.238 e. The lowest BCUT2D eigenvalue weighted by Gasteiger charge is -2.08. The maximum Gasteiger partial charge on any atom is 0.238 e. The highest BCUT2D eigenvalue weighted by molar-refractivity contribution is 5.91. The monoisotopic (exact) mass is 345 g/mol. The Balaban J connectivity index is 1.81. The molecule has 0 fully saturated rings. The normalized spacial score (nSPS) is 11.5. The topological polar surface area (TPSA) is 74.3 Å². The van der Waals surface area contributed by atoms with Gasteiger partial charge in [-0.25, -0.2) is 24.3 Å². The number of fused-ring (bicyclic) bond motifs is 2. The number of imidazole rings is 1. The summed E-state index contributed by atoms with van der Waals surface area (Å²) in [6, 6.07) is 8.22. The van der Waals surface area contributed by atoms with E-state index in [1.54, 1.807) is 29.2 Å². The van der Waals surface area contributed by atoms with Crippen LogP contribution < -0.4 is 0 Å². The van der Waals surface area contributed by atoms with Crippen molar-refractivity contribution in [2.75, 3.05) is 0 Å². The third-order valence-corrected chi connectivity index (χ3v) is 4.27. The van der Waals surface area contributed by atoms with Crippen LogP contribution in [-0.4, -0.2) is 34.1 Å². The number of nitrogens with zero attached hydrogens (tertiary/aromatic N) is 7. The third-order valence-electron chi connectivity index (χ3n) is 4.27. The number of benzene rings is 1. The Morgan fingerprint density at radius 3 is 2.69 bits per heavy atom. The largest absolute Gasteiger partial charge is 0.335 e. The standard InChI is InChI=1S/C18H12FN7/c1-25-7-6-13-15(11-2-4-12(19)5-3-11)23-18(24-17(13)25)26-10-22-16-14(26)8-20-9-21-16/h2-10H,1H3. The molecule has 0 N–H and O–H groups in total. The van der Waals surface area contributed by atoms with Crippen molar-refractivity contribution >= 4 is 22.2 Å². The van der Waals surface area contributed by atoms with Crippen molar-refractivity contribution in [3.63, 3.8) is 0 Å². The summed E-state index contributed by atoms with van der Waals surface area (Å²) in [7, 11) is 1.92. The fraction of sp³-hybridized carbons (Fsp3) is 0.0556. The number of aromatic nitrogens is 7. The Hall–Kier alpha value is -3.68. The fourth-order valence-electron chi connectivity index (χ4n) is 2.98. The summed E-state index contributed by atoms with van der Waals surface area (Å²) in [5.74, 6) is 0.168. The molecule has 8 heteroatoms. The van der Waals surface area contributed by atoms with Crippen molar-refractivity contribution in [1.82, 2.24) is 34.1 Å². The summed E-state index contributed by atoms with van der Waals surface area (Å²) >= 11 is 0. The van der Waals surface area contributed by atoms with Crippen LogP contribution in [0, 0.1) is 5.82 Å². The molecule has 7 nitrogen and oxygen atoms in total. The van der Waals surface area contributed by atoms with Gasteiger partial charge in [-0.3, -0.25) is 4.57 Å². The molecule has 26 heavy (non-hydrogen) atoms. The summed E-state index contributed by atoms with van der Waals surface area (Å²) in [6.45, 7) is 0. The summed E-state index contributed by atoms with van der Waals surface area (Å²) in [6.07, 6.45) is 6.67. The van der Waals surface area contributed by atoms with Gasteiger partial charge < -0.3 is 4.57 Å². The highest BCUT2D eigenvalue weighted by Gasteiger charge is 2.15. The summed E-state index contributed by atoms with van der Waals surface area (Å²) in [4.78, 5) is 21.9. The Bertz CT molecular complexity index is 1250. The first-order valence-electron chi connectivity index (χ1n) is 7.93. The van der Waals surface area contributed by atoms with E-state index in [-0.39, 0.29) is 5.82 Å². The molecule has 0 spiro atoms. The van der Waals surface area contributed by atoms with Crippen LogP contribution in [0.2, 0.25) is 0 Å². The van der Waals surface area contributed by atoms with Gasteiger partial charge in [-0.2, -0.15) is 4.98 Å². The first-order valence-corrected chi connectivity index (χ1v) is 7.93. The zero-order valence-electron chi connectivity index (χ0n) is 13.7.